The van der Waals surface area contributed by atoms with E-state index in [0.29, 0.717) is 5.92 Å². The summed E-state index contributed by atoms with van der Waals surface area (Å²) in [7, 11) is 1.76. The molecule has 18 heavy (non-hydrogen) atoms. The van der Waals surface area contributed by atoms with Gasteiger partial charge in [0.2, 0.25) is 0 Å². The standard InChI is InChI=1S/C13H22N2O2S/c1-3-4-11-12(8-16)18-13(14-11)15-6-5-10(7-15)9-17-2/h10,16H,3-9H2,1-2H3. The van der Waals surface area contributed by atoms with Crippen molar-refractivity contribution in [1.82, 2.24) is 4.98 Å². The van der Waals surface area contributed by atoms with Crippen molar-refractivity contribution >= 4 is 16.5 Å². The average molecular weight is 270 g/mol. The zero-order valence-electron chi connectivity index (χ0n) is 11.2. The fraction of sp³-hybridized carbons (Fsp3) is 0.769. The molecule has 2 heterocycles. The van der Waals surface area contributed by atoms with Gasteiger partial charge in [0, 0.05) is 26.1 Å². The lowest BCUT2D eigenvalue weighted by Crippen LogP contribution is -2.20. The van der Waals surface area contributed by atoms with Crippen LogP contribution in [0.2, 0.25) is 0 Å². The summed E-state index contributed by atoms with van der Waals surface area (Å²) in [6.45, 7) is 5.17. The number of aromatic nitrogens is 1. The molecule has 2 rings (SSSR count). The van der Waals surface area contributed by atoms with E-state index in [9.17, 15) is 5.11 Å². The van der Waals surface area contributed by atoms with E-state index in [4.69, 9.17) is 9.72 Å². The molecular weight excluding hydrogens is 248 g/mol. The Kier molecular flexibility index (Phi) is 4.97. The van der Waals surface area contributed by atoms with Gasteiger partial charge in [-0.1, -0.05) is 24.7 Å². The molecule has 0 aromatic carbocycles. The number of aliphatic hydroxyl groups excluding tert-OH is 1. The van der Waals surface area contributed by atoms with Crippen LogP contribution < -0.4 is 4.90 Å². The van der Waals surface area contributed by atoms with Crippen LogP contribution in [0.15, 0.2) is 0 Å². The molecule has 0 aliphatic carbocycles. The summed E-state index contributed by atoms with van der Waals surface area (Å²) in [4.78, 5) is 8.05. The van der Waals surface area contributed by atoms with Crippen molar-refractivity contribution in [2.45, 2.75) is 32.8 Å². The highest BCUT2D eigenvalue weighted by atomic mass is 32.1. The van der Waals surface area contributed by atoms with Crippen LogP contribution in [0.5, 0.6) is 0 Å². The minimum atomic E-state index is 0.113. The lowest BCUT2D eigenvalue weighted by Gasteiger charge is -2.14. The van der Waals surface area contributed by atoms with Crippen LogP contribution >= 0.6 is 11.3 Å². The van der Waals surface area contributed by atoms with Gasteiger partial charge in [-0.3, -0.25) is 0 Å². The molecule has 1 unspecified atom stereocenters. The van der Waals surface area contributed by atoms with Gasteiger partial charge in [-0.05, 0) is 12.8 Å². The van der Waals surface area contributed by atoms with Crippen LogP contribution in [0.25, 0.3) is 0 Å². The fourth-order valence-corrected chi connectivity index (χ4v) is 3.44. The quantitative estimate of drug-likeness (QED) is 0.859. The molecule has 0 amide bonds. The van der Waals surface area contributed by atoms with E-state index in [-0.39, 0.29) is 6.61 Å². The largest absolute Gasteiger partial charge is 0.391 e. The molecule has 1 fully saturated rings. The highest BCUT2D eigenvalue weighted by Crippen LogP contribution is 2.31. The molecule has 4 nitrogen and oxygen atoms in total. The molecule has 1 aromatic heterocycles. The summed E-state index contributed by atoms with van der Waals surface area (Å²) in [5, 5.41) is 10.4. The Balaban J connectivity index is 2.05. The van der Waals surface area contributed by atoms with Crippen LogP contribution in [0.4, 0.5) is 5.13 Å². The average Bonchev–Trinajstić information content (AvgIpc) is 2.96. The number of ether oxygens (including phenoxy) is 1. The molecule has 5 heteroatoms. The third-order valence-electron chi connectivity index (χ3n) is 3.36. The van der Waals surface area contributed by atoms with Crippen molar-refractivity contribution in [3.8, 4) is 0 Å². The third-order valence-corrected chi connectivity index (χ3v) is 4.50. The first-order valence-electron chi connectivity index (χ1n) is 6.61. The number of methoxy groups -OCH3 is 1. The Labute approximate surface area is 113 Å². The molecular formula is C13H22N2O2S. The lowest BCUT2D eigenvalue weighted by molar-refractivity contribution is 0.161. The number of thiazole rings is 1. The molecule has 0 radical (unpaired) electrons. The summed E-state index contributed by atoms with van der Waals surface area (Å²) in [6, 6.07) is 0. The Morgan fingerprint density at radius 2 is 2.39 bits per heavy atom. The van der Waals surface area contributed by atoms with E-state index in [1.807, 2.05) is 0 Å². The number of hydrogen-bond donors (Lipinski definition) is 1. The Bertz CT molecular complexity index is 381. The summed E-state index contributed by atoms with van der Waals surface area (Å²) in [6.07, 6.45) is 3.20. The summed E-state index contributed by atoms with van der Waals surface area (Å²) in [5.41, 5.74) is 1.08. The molecule has 1 saturated heterocycles. The van der Waals surface area contributed by atoms with Crippen molar-refractivity contribution in [1.29, 1.82) is 0 Å². The van der Waals surface area contributed by atoms with Crippen LogP contribution in [-0.2, 0) is 17.8 Å². The van der Waals surface area contributed by atoms with Gasteiger partial charge >= 0.3 is 0 Å². The smallest absolute Gasteiger partial charge is 0.185 e. The molecule has 0 spiro atoms. The highest BCUT2D eigenvalue weighted by Gasteiger charge is 2.25. The molecule has 0 bridgehead atoms. The van der Waals surface area contributed by atoms with Gasteiger partial charge in [-0.25, -0.2) is 4.98 Å². The zero-order chi connectivity index (χ0) is 13.0. The van der Waals surface area contributed by atoms with Crippen LogP contribution in [0.1, 0.15) is 30.3 Å². The lowest BCUT2D eigenvalue weighted by atomic mass is 10.1. The van der Waals surface area contributed by atoms with E-state index in [1.165, 1.54) is 6.42 Å². The molecule has 1 aliphatic rings. The van der Waals surface area contributed by atoms with Gasteiger partial charge in [0.1, 0.15) is 0 Å². The summed E-state index contributed by atoms with van der Waals surface area (Å²) >= 11 is 1.64. The maximum Gasteiger partial charge on any atom is 0.185 e. The minimum Gasteiger partial charge on any atom is -0.391 e. The predicted molar refractivity (Wildman–Crippen MR) is 74.2 cm³/mol. The number of nitrogens with zero attached hydrogens (tertiary/aromatic N) is 2. The zero-order valence-corrected chi connectivity index (χ0v) is 12.0. The molecule has 102 valence electrons. The predicted octanol–water partition coefficient (Wildman–Crippen LogP) is 2.06. The first-order valence-corrected chi connectivity index (χ1v) is 7.43. The fourth-order valence-electron chi connectivity index (χ4n) is 2.44. The second kappa shape index (κ2) is 6.50. The van der Waals surface area contributed by atoms with Crippen molar-refractivity contribution in [2.24, 2.45) is 5.92 Å². The monoisotopic (exact) mass is 270 g/mol. The number of aliphatic hydroxyl groups is 1. The van der Waals surface area contributed by atoms with Crippen LogP contribution in [0, 0.1) is 5.92 Å². The topological polar surface area (TPSA) is 45.6 Å². The van der Waals surface area contributed by atoms with Crippen LogP contribution in [-0.4, -0.2) is 36.9 Å². The van der Waals surface area contributed by atoms with E-state index in [0.717, 1.165) is 48.2 Å². The van der Waals surface area contributed by atoms with E-state index < -0.39 is 0 Å². The summed E-state index contributed by atoms with van der Waals surface area (Å²) < 4.78 is 5.21. The molecule has 1 aromatic rings. The van der Waals surface area contributed by atoms with Gasteiger partial charge in [0.25, 0.3) is 0 Å². The van der Waals surface area contributed by atoms with Crippen molar-refractivity contribution in [3.05, 3.63) is 10.6 Å². The Morgan fingerprint density at radius 3 is 3.06 bits per heavy atom. The molecule has 1 aliphatic heterocycles. The maximum atomic E-state index is 9.37. The van der Waals surface area contributed by atoms with E-state index >= 15 is 0 Å². The normalized spacial score (nSPS) is 19.7. The van der Waals surface area contributed by atoms with Crippen molar-refractivity contribution in [2.75, 3.05) is 31.7 Å². The maximum absolute atomic E-state index is 9.37. The number of hydrogen-bond acceptors (Lipinski definition) is 5. The first-order chi connectivity index (χ1) is 8.78. The van der Waals surface area contributed by atoms with Crippen molar-refractivity contribution < 1.29 is 9.84 Å². The van der Waals surface area contributed by atoms with Gasteiger partial charge < -0.3 is 14.7 Å². The second-order valence-electron chi connectivity index (χ2n) is 4.83. The molecule has 1 N–H and O–H groups in total. The first kappa shape index (κ1) is 13.8. The third kappa shape index (κ3) is 3.02. The van der Waals surface area contributed by atoms with Crippen LogP contribution in [0.3, 0.4) is 0 Å². The highest BCUT2D eigenvalue weighted by molar-refractivity contribution is 7.15. The SMILES string of the molecule is CCCc1nc(N2CCC(COC)C2)sc1CO. The van der Waals surface area contributed by atoms with Gasteiger partial charge in [-0.2, -0.15) is 0 Å². The van der Waals surface area contributed by atoms with Gasteiger partial charge in [-0.15, -0.1) is 0 Å². The second-order valence-corrected chi connectivity index (χ2v) is 5.89. The number of aryl methyl sites for hydroxylation is 1. The van der Waals surface area contributed by atoms with Gasteiger partial charge in [0.05, 0.1) is 23.8 Å². The van der Waals surface area contributed by atoms with E-state index in [2.05, 4.69) is 11.8 Å². The summed E-state index contributed by atoms with van der Waals surface area (Å²) in [5.74, 6) is 0.617. The number of anilines is 1. The Morgan fingerprint density at radius 1 is 1.56 bits per heavy atom. The molecule has 0 saturated carbocycles. The van der Waals surface area contributed by atoms with Gasteiger partial charge in [0.15, 0.2) is 5.13 Å². The number of rotatable bonds is 6. The molecule has 1 atom stereocenters. The minimum absolute atomic E-state index is 0.113. The Hall–Kier alpha value is -0.650. The van der Waals surface area contributed by atoms with Crippen molar-refractivity contribution in [3.63, 3.8) is 0 Å². The van der Waals surface area contributed by atoms with E-state index in [1.54, 1.807) is 18.4 Å².